The monoisotopic (exact) mass is 251 g/mol. The molecule has 0 aliphatic carbocycles. The van der Waals surface area contributed by atoms with Crippen LogP contribution in [0.15, 0.2) is 5.16 Å². The Balaban J connectivity index is 4.74. The summed E-state index contributed by atoms with van der Waals surface area (Å²) in [7, 11) is -0.813. The minimum atomic E-state index is -2.05. The highest BCUT2D eigenvalue weighted by Gasteiger charge is 2.27. The summed E-state index contributed by atoms with van der Waals surface area (Å²) in [5.74, 6) is -1.72. The Morgan fingerprint density at radius 3 is 2.20 bits per heavy atom. The molecule has 0 aromatic heterocycles. The van der Waals surface area contributed by atoms with E-state index in [-0.39, 0.29) is 5.88 Å². The Morgan fingerprint density at radius 2 is 1.87 bits per heavy atom. The lowest BCUT2D eigenvalue weighted by atomic mass is 10.3. The molecule has 0 aromatic carbocycles. The Bertz CT molecular complexity index is 285. The molecular weight excluding hydrogens is 238 g/mol. The molecule has 0 rings (SSSR count). The van der Waals surface area contributed by atoms with Crippen LogP contribution in [-0.2, 0) is 18.9 Å². The fraction of sp³-hybridized carbons (Fsp3) is 0.625. The van der Waals surface area contributed by atoms with Crippen molar-refractivity contribution in [1.82, 2.24) is 0 Å². The predicted octanol–water partition coefficient (Wildman–Crippen LogP) is 1.17. The van der Waals surface area contributed by atoms with Gasteiger partial charge in [0.15, 0.2) is 0 Å². The molecule has 0 atom stereocenters. The Labute approximate surface area is 94.5 Å². The highest BCUT2D eigenvalue weighted by molar-refractivity contribution is 6.76. The third-order valence-corrected chi connectivity index (χ3v) is 2.20. The zero-order valence-corrected chi connectivity index (χ0v) is 10.9. The van der Waals surface area contributed by atoms with Crippen LogP contribution in [0.25, 0.3) is 0 Å². The first kappa shape index (κ1) is 14.1. The molecule has 0 bridgehead atoms. The van der Waals surface area contributed by atoms with E-state index >= 15 is 0 Å². The number of hydrogen-bond donors (Lipinski definition) is 0. The second kappa shape index (κ2) is 5.87. The zero-order chi connectivity index (χ0) is 12.1. The van der Waals surface area contributed by atoms with Gasteiger partial charge in [-0.1, -0.05) is 5.16 Å². The van der Waals surface area contributed by atoms with Crippen LogP contribution < -0.4 is 0 Å². The number of ketones is 1. The number of Topliss-reactive ketones (excluding diaryl/α,β-unsaturated/α-hetero) is 1. The van der Waals surface area contributed by atoms with Crippen molar-refractivity contribution in [3.05, 3.63) is 0 Å². The number of hydrogen-bond acceptors (Lipinski definition) is 5. The minimum absolute atomic E-state index is 0.330. The van der Waals surface area contributed by atoms with Gasteiger partial charge in [0.25, 0.3) is 0 Å². The van der Waals surface area contributed by atoms with Gasteiger partial charge < -0.3 is 9.26 Å². The molecule has 0 amide bonds. The Morgan fingerprint density at radius 1 is 1.33 bits per heavy atom. The van der Waals surface area contributed by atoms with Crippen molar-refractivity contribution in [3.63, 3.8) is 0 Å². The summed E-state index contributed by atoms with van der Waals surface area (Å²) in [6.45, 7) is 5.46. The third kappa shape index (κ3) is 5.53. The maximum atomic E-state index is 11.5. The molecule has 0 aliphatic heterocycles. The summed E-state index contributed by atoms with van der Waals surface area (Å²) >= 11 is 5.32. The number of carbonyl (C=O) groups is 2. The molecular formula is C8H14ClNO4Si. The van der Waals surface area contributed by atoms with Gasteiger partial charge in [0.1, 0.15) is 7.11 Å². The van der Waals surface area contributed by atoms with Gasteiger partial charge in [-0.2, -0.15) is 0 Å². The predicted molar refractivity (Wildman–Crippen MR) is 59.6 cm³/mol. The summed E-state index contributed by atoms with van der Waals surface area (Å²) in [4.78, 5) is 27.1. The molecule has 0 heterocycles. The van der Waals surface area contributed by atoms with Gasteiger partial charge in [0.05, 0.1) is 5.88 Å². The van der Waals surface area contributed by atoms with Crippen molar-refractivity contribution < 1.29 is 18.9 Å². The maximum absolute atomic E-state index is 11.5. The highest BCUT2D eigenvalue weighted by Crippen LogP contribution is 2.04. The molecule has 7 heteroatoms. The fourth-order valence-electron chi connectivity index (χ4n) is 0.683. The van der Waals surface area contributed by atoms with Crippen LogP contribution in [0.5, 0.6) is 0 Å². The highest BCUT2D eigenvalue weighted by atomic mass is 35.5. The minimum Gasteiger partial charge on any atom is -0.515 e. The first-order chi connectivity index (χ1) is 6.81. The average Bonchev–Trinajstić information content (AvgIpc) is 2.10. The third-order valence-electron chi connectivity index (χ3n) is 1.16. The van der Waals surface area contributed by atoms with E-state index in [9.17, 15) is 9.59 Å². The smallest absolute Gasteiger partial charge is 0.350 e. The van der Waals surface area contributed by atoms with Gasteiger partial charge in [-0.25, -0.2) is 4.79 Å². The van der Waals surface area contributed by atoms with Gasteiger partial charge in [-0.05, 0) is 19.6 Å². The molecule has 86 valence electrons. The van der Waals surface area contributed by atoms with E-state index in [1.54, 1.807) is 0 Å². The lowest BCUT2D eigenvalue weighted by Crippen LogP contribution is -2.36. The zero-order valence-electron chi connectivity index (χ0n) is 9.17. The maximum Gasteiger partial charge on any atom is 0.350 e. The van der Waals surface area contributed by atoms with Crippen LogP contribution in [0.1, 0.15) is 0 Å². The standard InChI is InChI=1S/C8H14ClNO4Si/c1-13-10-7(6(11)5-9)8(12)14-15(2,3)4/h5H2,1-4H3/b10-7-. The number of halogens is 1. The molecule has 0 spiro atoms. The molecule has 0 aromatic rings. The van der Waals surface area contributed by atoms with E-state index in [0.29, 0.717) is 0 Å². The van der Waals surface area contributed by atoms with E-state index in [0.717, 1.165) is 0 Å². The number of alkyl halides is 1. The van der Waals surface area contributed by atoms with Crippen molar-refractivity contribution in [1.29, 1.82) is 0 Å². The lowest BCUT2D eigenvalue weighted by molar-refractivity contribution is -0.128. The second-order valence-corrected chi connectivity index (χ2v) is 8.38. The van der Waals surface area contributed by atoms with Crippen molar-refractivity contribution in [2.75, 3.05) is 13.0 Å². The van der Waals surface area contributed by atoms with Crippen molar-refractivity contribution in [2.45, 2.75) is 19.6 Å². The first-order valence-corrected chi connectivity index (χ1v) is 8.19. The van der Waals surface area contributed by atoms with E-state index in [2.05, 4.69) is 9.99 Å². The summed E-state index contributed by atoms with van der Waals surface area (Å²) in [5.41, 5.74) is -0.394. The molecule has 0 fully saturated rings. The molecule has 15 heavy (non-hydrogen) atoms. The second-order valence-electron chi connectivity index (χ2n) is 3.68. The molecule has 5 nitrogen and oxygen atoms in total. The van der Waals surface area contributed by atoms with Crippen molar-refractivity contribution in [2.24, 2.45) is 5.16 Å². The van der Waals surface area contributed by atoms with E-state index in [1.165, 1.54) is 7.11 Å². The summed E-state index contributed by atoms with van der Waals surface area (Å²) in [6, 6.07) is 0. The van der Waals surface area contributed by atoms with Crippen LogP contribution in [0.2, 0.25) is 19.6 Å². The summed E-state index contributed by atoms with van der Waals surface area (Å²) < 4.78 is 5.09. The van der Waals surface area contributed by atoms with E-state index in [4.69, 9.17) is 16.0 Å². The van der Waals surface area contributed by atoms with Crippen molar-refractivity contribution in [3.8, 4) is 0 Å². The largest absolute Gasteiger partial charge is 0.515 e. The number of carbonyl (C=O) groups excluding carboxylic acids is 2. The normalized spacial score (nSPS) is 12.2. The lowest BCUT2D eigenvalue weighted by Gasteiger charge is -2.16. The van der Waals surface area contributed by atoms with Crippen LogP contribution in [0.4, 0.5) is 0 Å². The fourth-order valence-corrected chi connectivity index (χ4v) is 1.46. The molecule has 0 radical (unpaired) electrons. The summed E-state index contributed by atoms with van der Waals surface area (Å²) in [6.07, 6.45) is 0. The van der Waals surface area contributed by atoms with E-state index in [1.807, 2.05) is 19.6 Å². The number of oxime groups is 1. The van der Waals surface area contributed by atoms with Crippen LogP contribution >= 0.6 is 11.6 Å². The van der Waals surface area contributed by atoms with Crippen molar-refractivity contribution >= 4 is 37.4 Å². The molecule has 0 saturated carbocycles. The topological polar surface area (TPSA) is 65.0 Å². The Hall–Kier alpha value is -0.883. The number of nitrogens with zero attached hydrogens (tertiary/aromatic N) is 1. The summed E-state index contributed by atoms with van der Waals surface area (Å²) in [5, 5.41) is 3.31. The molecule has 0 aliphatic rings. The first-order valence-electron chi connectivity index (χ1n) is 4.25. The molecule has 0 saturated heterocycles. The average molecular weight is 252 g/mol. The Kier molecular flexibility index (Phi) is 5.52. The van der Waals surface area contributed by atoms with Gasteiger partial charge in [-0.15, -0.1) is 11.6 Å². The quantitative estimate of drug-likeness (QED) is 0.242. The molecule has 0 unspecified atom stereocenters. The SMILES string of the molecule is CO/N=C(/C(=O)CCl)C(=O)O[Si](C)(C)C. The number of rotatable bonds is 5. The van der Waals surface area contributed by atoms with E-state index < -0.39 is 25.8 Å². The van der Waals surface area contributed by atoms with Crippen LogP contribution in [-0.4, -0.2) is 38.8 Å². The van der Waals surface area contributed by atoms with Crippen LogP contribution in [0, 0.1) is 0 Å². The molecule has 0 N–H and O–H groups in total. The van der Waals surface area contributed by atoms with Gasteiger partial charge in [0.2, 0.25) is 19.8 Å². The van der Waals surface area contributed by atoms with Gasteiger partial charge in [0, 0.05) is 0 Å². The van der Waals surface area contributed by atoms with Gasteiger partial charge in [-0.3, -0.25) is 4.79 Å². The van der Waals surface area contributed by atoms with Gasteiger partial charge >= 0.3 is 5.97 Å². The van der Waals surface area contributed by atoms with Crippen LogP contribution in [0.3, 0.4) is 0 Å².